The highest BCUT2D eigenvalue weighted by Crippen LogP contribution is 2.38. The molecule has 1 N–H and O–H groups in total. The number of hydrogen-bond acceptors (Lipinski definition) is 1. The van der Waals surface area contributed by atoms with Gasteiger partial charge in [-0.3, -0.25) is 0 Å². The van der Waals surface area contributed by atoms with Crippen molar-refractivity contribution in [2.75, 3.05) is 0 Å². The van der Waals surface area contributed by atoms with Crippen molar-refractivity contribution in [3.63, 3.8) is 0 Å². The number of nitrogens with one attached hydrogen (secondary N) is 1. The van der Waals surface area contributed by atoms with Crippen LogP contribution < -0.4 is 5.32 Å². The Bertz CT molecular complexity index is 349. The van der Waals surface area contributed by atoms with Gasteiger partial charge < -0.3 is 5.32 Å². The molecule has 3 rings (SSSR count). The van der Waals surface area contributed by atoms with Crippen LogP contribution >= 0.6 is 0 Å². The van der Waals surface area contributed by atoms with Crippen LogP contribution in [0.4, 0.5) is 0 Å². The fourth-order valence-corrected chi connectivity index (χ4v) is 3.20. The van der Waals surface area contributed by atoms with E-state index in [0.29, 0.717) is 0 Å². The summed E-state index contributed by atoms with van der Waals surface area (Å²) in [4.78, 5) is 0. The van der Waals surface area contributed by atoms with E-state index in [1.165, 1.54) is 37.7 Å². The summed E-state index contributed by atoms with van der Waals surface area (Å²) < 4.78 is 0. The van der Waals surface area contributed by atoms with Crippen LogP contribution in [0, 0.1) is 5.92 Å². The Hall–Kier alpha value is -0.820. The summed E-state index contributed by atoms with van der Waals surface area (Å²) in [5.74, 6) is 1.77. The van der Waals surface area contributed by atoms with Crippen molar-refractivity contribution in [1.82, 2.24) is 5.32 Å². The van der Waals surface area contributed by atoms with Crippen LogP contribution in [0.2, 0.25) is 0 Å². The molecular formula is C16H23N. The van der Waals surface area contributed by atoms with E-state index >= 15 is 0 Å². The molecule has 0 aliphatic heterocycles. The highest BCUT2D eigenvalue weighted by atomic mass is 15.0. The van der Waals surface area contributed by atoms with E-state index in [1.807, 2.05) is 0 Å². The van der Waals surface area contributed by atoms with Gasteiger partial charge in [0.15, 0.2) is 0 Å². The first kappa shape index (κ1) is 11.3. The molecule has 2 saturated carbocycles. The predicted molar refractivity (Wildman–Crippen MR) is 72.1 cm³/mol. The van der Waals surface area contributed by atoms with Crippen LogP contribution in [0.15, 0.2) is 30.3 Å². The van der Waals surface area contributed by atoms with Crippen LogP contribution in [0.5, 0.6) is 0 Å². The van der Waals surface area contributed by atoms with E-state index in [9.17, 15) is 0 Å². The third-order valence-corrected chi connectivity index (χ3v) is 4.76. The zero-order valence-electron chi connectivity index (χ0n) is 10.7. The Balaban J connectivity index is 1.45. The highest BCUT2D eigenvalue weighted by Gasteiger charge is 2.33. The van der Waals surface area contributed by atoms with Gasteiger partial charge in [-0.05, 0) is 50.0 Å². The molecule has 0 amide bonds. The van der Waals surface area contributed by atoms with Gasteiger partial charge in [-0.2, -0.15) is 0 Å². The summed E-state index contributed by atoms with van der Waals surface area (Å²) in [7, 11) is 0. The second kappa shape index (κ2) is 4.81. The minimum absolute atomic E-state index is 0.741. The van der Waals surface area contributed by atoms with E-state index in [2.05, 4.69) is 42.6 Å². The van der Waals surface area contributed by atoms with Gasteiger partial charge >= 0.3 is 0 Å². The van der Waals surface area contributed by atoms with Crippen molar-refractivity contribution < 1.29 is 0 Å². The number of rotatable bonds is 4. The highest BCUT2D eigenvalue weighted by molar-refractivity contribution is 5.22. The van der Waals surface area contributed by atoms with Gasteiger partial charge in [-0.25, -0.2) is 0 Å². The maximum atomic E-state index is 3.82. The fourth-order valence-electron chi connectivity index (χ4n) is 3.20. The maximum Gasteiger partial charge on any atom is 0.00813 e. The van der Waals surface area contributed by atoms with E-state index in [1.54, 1.807) is 0 Å². The third-order valence-electron chi connectivity index (χ3n) is 4.76. The molecule has 1 nitrogen and oxygen atoms in total. The maximum absolute atomic E-state index is 3.82. The molecular weight excluding hydrogens is 206 g/mol. The van der Waals surface area contributed by atoms with Crippen LogP contribution in [0.25, 0.3) is 0 Å². The second-order valence-corrected chi connectivity index (χ2v) is 5.92. The zero-order chi connectivity index (χ0) is 11.7. The smallest absolute Gasteiger partial charge is 0.00813 e. The summed E-state index contributed by atoms with van der Waals surface area (Å²) in [6, 6.07) is 12.5. The largest absolute Gasteiger partial charge is 0.311 e. The van der Waals surface area contributed by atoms with Gasteiger partial charge in [0.05, 0.1) is 0 Å². The van der Waals surface area contributed by atoms with Crippen LogP contribution in [-0.2, 0) is 0 Å². The van der Waals surface area contributed by atoms with E-state index in [-0.39, 0.29) is 0 Å². The van der Waals surface area contributed by atoms with E-state index in [4.69, 9.17) is 0 Å². The molecule has 1 atom stereocenters. The SMILES string of the molecule is CC(NC1CC(c2ccccc2)C1)C1CCC1. The summed E-state index contributed by atoms with van der Waals surface area (Å²) in [5.41, 5.74) is 1.53. The zero-order valence-corrected chi connectivity index (χ0v) is 10.7. The molecule has 0 bridgehead atoms. The Morgan fingerprint density at radius 1 is 1.12 bits per heavy atom. The molecule has 0 saturated heterocycles. The van der Waals surface area contributed by atoms with Gasteiger partial charge in [0.1, 0.15) is 0 Å². The molecule has 17 heavy (non-hydrogen) atoms. The van der Waals surface area contributed by atoms with Crippen molar-refractivity contribution >= 4 is 0 Å². The van der Waals surface area contributed by atoms with Crippen LogP contribution in [0.3, 0.4) is 0 Å². The topological polar surface area (TPSA) is 12.0 Å². The molecule has 0 heterocycles. The van der Waals surface area contributed by atoms with Gasteiger partial charge in [0.25, 0.3) is 0 Å². The van der Waals surface area contributed by atoms with E-state index in [0.717, 1.165) is 23.9 Å². The average molecular weight is 229 g/mol. The minimum atomic E-state index is 0.741. The Labute approximate surface area is 105 Å². The summed E-state index contributed by atoms with van der Waals surface area (Å²) in [5, 5.41) is 3.82. The Morgan fingerprint density at radius 2 is 1.82 bits per heavy atom. The van der Waals surface area contributed by atoms with Crippen LogP contribution in [-0.4, -0.2) is 12.1 Å². The molecule has 0 aromatic heterocycles. The minimum Gasteiger partial charge on any atom is -0.311 e. The Kier molecular flexibility index (Phi) is 3.19. The molecule has 0 radical (unpaired) electrons. The molecule has 2 aliphatic carbocycles. The first-order chi connectivity index (χ1) is 8.33. The van der Waals surface area contributed by atoms with Crippen LogP contribution in [0.1, 0.15) is 50.5 Å². The van der Waals surface area contributed by atoms with Gasteiger partial charge in [0, 0.05) is 12.1 Å². The molecule has 92 valence electrons. The molecule has 2 fully saturated rings. The lowest BCUT2D eigenvalue weighted by atomic mass is 9.74. The Morgan fingerprint density at radius 3 is 2.41 bits per heavy atom. The predicted octanol–water partition coefficient (Wildman–Crippen LogP) is 3.71. The quantitative estimate of drug-likeness (QED) is 0.830. The summed E-state index contributed by atoms with van der Waals surface area (Å²) in [6.45, 7) is 2.37. The molecule has 0 spiro atoms. The van der Waals surface area contributed by atoms with E-state index < -0.39 is 0 Å². The molecule has 1 heteroatoms. The lowest BCUT2D eigenvalue weighted by Crippen LogP contribution is -2.48. The summed E-state index contributed by atoms with van der Waals surface area (Å²) >= 11 is 0. The third kappa shape index (κ3) is 2.40. The molecule has 1 unspecified atom stereocenters. The fraction of sp³-hybridized carbons (Fsp3) is 0.625. The van der Waals surface area contributed by atoms with Crippen molar-refractivity contribution in [3.05, 3.63) is 35.9 Å². The lowest BCUT2D eigenvalue weighted by molar-refractivity contribution is 0.188. The normalized spacial score (nSPS) is 30.4. The summed E-state index contributed by atoms with van der Waals surface area (Å²) in [6.07, 6.45) is 7.02. The first-order valence-electron chi connectivity index (χ1n) is 7.14. The van der Waals surface area contributed by atoms with Crippen molar-refractivity contribution in [3.8, 4) is 0 Å². The van der Waals surface area contributed by atoms with Crippen molar-refractivity contribution in [1.29, 1.82) is 0 Å². The number of benzene rings is 1. The molecule has 1 aromatic carbocycles. The first-order valence-corrected chi connectivity index (χ1v) is 7.14. The number of hydrogen-bond donors (Lipinski definition) is 1. The average Bonchev–Trinajstić information content (AvgIpc) is 2.21. The van der Waals surface area contributed by atoms with Crippen molar-refractivity contribution in [2.45, 2.75) is 57.0 Å². The second-order valence-electron chi connectivity index (χ2n) is 5.92. The molecule has 1 aromatic rings. The van der Waals surface area contributed by atoms with Crippen molar-refractivity contribution in [2.24, 2.45) is 5.92 Å². The van der Waals surface area contributed by atoms with Gasteiger partial charge in [-0.15, -0.1) is 0 Å². The van der Waals surface area contributed by atoms with Gasteiger partial charge in [0.2, 0.25) is 0 Å². The molecule has 2 aliphatic rings. The van der Waals surface area contributed by atoms with Gasteiger partial charge in [-0.1, -0.05) is 36.8 Å². The monoisotopic (exact) mass is 229 g/mol. The standard InChI is InChI=1S/C16H23N/c1-12(13-8-5-9-13)17-16-10-15(11-16)14-6-3-2-4-7-14/h2-4,6-7,12-13,15-17H,5,8-11H2,1H3. The lowest BCUT2D eigenvalue weighted by Gasteiger charge is -2.41.